The Hall–Kier alpha value is -2.62. The van der Waals surface area contributed by atoms with Crippen LogP contribution in [-0.2, 0) is 29.6 Å². The van der Waals surface area contributed by atoms with Crippen molar-refractivity contribution < 1.29 is 14.6 Å². The van der Waals surface area contributed by atoms with Crippen molar-refractivity contribution in [3.8, 4) is 0 Å². The van der Waals surface area contributed by atoms with Gasteiger partial charge in [-0.2, -0.15) is 14.6 Å². The van der Waals surface area contributed by atoms with E-state index in [0.717, 1.165) is 0 Å². The summed E-state index contributed by atoms with van der Waals surface area (Å²) in [5, 5.41) is 25.3. The molecule has 3 aromatic heterocycles. The molecule has 0 radical (unpaired) electrons. The average Bonchev–Trinajstić information content (AvgIpc) is 2.99. The minimum Gasteiger partial charge on any atom is -0.469 e. The Bertz CT molecular complexity index is 806. The topological polar surface area (TPSA) is 120 Å². The SMILES string of the molecule is COC(=O)Cc1nn(C)c2c1nnc1nc(CO)nn12. The smallest absolute Gasteiger partial charge is 0.311 e. The van der Waals surface area contributed by atoms with Crippen LogP contribution in [0.4, 0.5) is 0 Å². The van der Waals surface area contributed by atoms with Gasteiger partial charge in [0.15, 0.2) is 17.0 Å². The van der Waals surface area contributed by atoms with E-state index in [-0.39, 0.29) is 24.6 Å². The molecule has 3 aromatic rings. The van der Waals surface area contributed by atoms with Crippen LogP contribution in [-0.4, -0.2) is 52.8 Å². The standard InChI is InChI=1S/C10H11N7O3/c1-16-9-8(5(14-16)3-7(19)20-2)12-13-10-11-6(4-18)15-17(9)10/h18H,3-4H2,1-2H3. The number of carbonyl (C=O) groups excluding carboxylic acids is 1. The van der Waals surface area contributed by atoms with Crippen molar-refractivity contribution in [2.24, 2.45) is 7.05 Å². The van der Waals surface area contributed by atoms with Gasteiger partial charge in [-0.25, -0.2) is 4.68 Å². The lowest BCUT2D eigenvalue weighted by atomic mass is 10.3. The molecule has 0 aliphatic carbocycles. The van der Waals surface area contributed by atoms with Gasteiger partial charge in [0.2, 0.25) is 0 Å². The van der Waals surface area contributed by atoms with Crippen LogP contribution in [0.1, 0.15) is 11.5 Å². The van der Waals surface area contributed by atoms with Gasteiger partial charge < -0.3 is 9.84 Å². The number of hydrogen-bond acceptors (Lipinski definition) is 8. The lowest BCUT2D eigenvalue weighted by Gasteiger charge is -1.95. The van der Waals surface area contributed by atoms with Crippen LogP contribution in [0.3, 0.4) is 0 Å². The maximum atomic E-state index is 11.4. The number of methoxy groups -OCH3 is 1. The fraction of sp³-hybridized carbons (Fsp3) is 0.400. The molecule has 0 aromatic carbocycles. The zero-order chi connectivity index (χ0) is 14.3. The van der Waals surface area contributed by atoms with Crippen LogP contribution in [0.2, 0.25) is 0 Å². The maximum absolute atomic E-state index is 11.4. The Morgan fingerprint density at radius 2 is 2.15 bits per heavy atom. The highest BCUT2D eigenvalue weighted by atomic mass is 16.5. The number of carbonyl (C=O) groups is 1. The Morgan fingerprint density at radius 1 is 1.35 bits per heavy atom. The lowest BCUT2D eigenvalue weighted by molar-refractivity contribution is -0.139. The van der Waals surface area contributed by atoms with Gasteiger partial charge in [-0.3, -0.25) is 4.79 Å². The Kier molecular flexibility index (Phi) is 2.79. The predicted octanol–water partition coefficient (Wildman–Crippen LogP) is -1.39. The van der Waals surface area contributed by atoms with Crippen LogP contribution >= 0.6 is 0 Å². The first-order valence-corrected chi connectivity index (χ1v) is 5.75. The van der Waals surface area contributed by atoms with E-state index in [1.54, 1.807) is 7.05 Å². The first kappa shape index (κ1) is 12.4. The molecule has 0 saturated carbocycles. The van der Waals surface area contributed by atoms with Crippen molar-refractivity contribution in [1.29, 1.82) is 0 Å². The van der Waals surface area contributed by atoms with Crippen molar-refractivity contribution in [2.45, 2.75) is 13.0 Å². The van der Waals surface area contributed by atoms with Gasteiger partial charge in [0.1, 0.15) is 12.3 Å². The summed E-state index contributed by atoms with van der Waals surface area (Å²) in [5.41, 5.74) is 1.44. The van der Waals surface area contributed by atoms with Crippen molar-refractivity contribution in [2.75, 3.05) is 7.11 Å². The van der Waals surface area contributed by atoms with Gasteiger partial charge in [-0.05, 0) is 0 Å². The zero-order valence-electron chi connectivity index (χ0n) is 10.8. The second-order valence-electron chi connectivity index (χ2n) is 4.09. The van der Waals surface area contributed by atoms with Gasteiger partial charge in [0.05, 0.1) is 13.5 Å². The molecule has 0 bridgehead atoms. The molecule has 3 heterocycles. The van der Waals surface area contributed by atoms with Gasteiger partial charge in [-0.15, -0.1) is 15.3 Å². The van der Waals surface area contributed by atoms with E-state index < -0.39 is 5.97 Å². The minimum atomic E-state index is -0.415. The van der Waals surface area contributed by atoms with Crippen LogP contribution in [0, 0.1) is 0 Å². The van der Waals surface area contributed by atoms with Crippen LogP contribution in [0.5, 0.6) is 0 Å². The predicted molar refractivity (Wildman–Crippen MR) is 64.5 cm³/mol. The van der Waals surface area contributed by atoms with Crippen LogP contribution < -0.4 is 0 Å². The normalized spacial score (nSPS) is 11.3. The summed E-state index contributed by atoms with van der Waals surface area (Å²) in [4.78, 5) is 15.4. The minimum absolute atomic E-state index is 0.00438. The van der Waals surface area contributed by atoms with Gasteiger partial charge in [-0.1, -0.05) is 0 Å². The highest BCUT2D eigenvalue weighted by molar-refractivity contribution is 5.81. The van der Waals surface area contributed by atoms with Gasteiger partial charge in [0.25, 0.3) is 5.78 Å². The second kappa shape index (κ2) is 4.49. The quantitative estimate of drug-likeness (QED) is 0.581. The maximum Gasteiger partial charge on any atom is 0.311 e. The largest absolute Gasteiger partial charge is 0.469 e. The number of aromatic nitrogens is 7. The molecule has 3 rings (SSSR count). The average molecular weight is 277 g/mol. The number of hydrogen-bond donors (Lipinski definition) is 1. The van der Waals surface area contributed by atoms with E-state index in [2.05, 4.69) is 30.1 Å². The molecular formula is C10H11N7O3. The van der Waals surface area contributed by atoms with Crippen molar-refractivity contribution in [3.05, 3.63) is 11.5 Å². The number of aliphatic hydroxyl groups is 1. The Balaban J connectivity index is 2.24. The molecule has 20 heavy (non-hydrogen) atoms. The number of esters is 1. The fourth-order valence-corrected chi connectivity index (χ4v) is 1.94. The number of aryl methyl sites for hydroxylation is 1. The molecule has 104 valence electrons. The van der Waals surface area contributed by atoms with E-state index in [0.29, 0.717) is 16.9 Å². The van der Waals surface area contributed by atoms with Gasteiger partial charge >= 0.3 is 5.97 Å². The third-order valence-corrected chi connectivity index (χ3v) is 2.82. The van der Waals surface area contributed by atoms with E-state index in [1.807, 2.05) is 0 Å². The number of nitrogens with zero attached hydrogens (tertiary/aromatic N) is 7. The molecular weight excluding hydrogens is 266 g/mol. The van der Waals surface area contributed by atoms with Crippen molar-refractivity contribution in [1.82, 2.24) is 34.6 Å². The number of ether oxygens (including phenoxy) is 1. The van der Waals surface area contributed by atoms with E-state index >= 15 is 0 Å². The van der Waals surface area contributed by atoms with Crippen LogP contribution in [0.25, 0.3) is 16.9 Å². The van der Waals surface area contributed by atoms with Crippen molar-refractivity contribution >= 4 is 22.9 Å². The van der Waals surface area contributed by atoms with Crippen molar-refractivity contribution in [3.63, 3.8) is 0 Å². The van der Waals surface area contributed by atoms with Gasteiger partial charge in [0, 0.05) is 7.05 Å². The monoisotopic (exact) mass is 277 g/mol. The first-order valence-electron chi connectivity index (χ1n) is 5.75. The zero-order valence-corrected chi connectivity index (χ0v) is 10.8. The molecule has 0 aliphatic rings. The van der Waals surface area contributed by atoms with Crippen LogP contribution in [0.15, 0.2) is 0 Å². The summed E-state index contributed by atoms with van der Waals surface area (Å²) in [7, 11) is 3.01. The second-order valence-corrected chi connectivity index (χ2v) is 4.09. The summed E-state index contributed by atoms with van der Waals surface area (Å²) < 4.78 is 7.58. The number of rotatable bonds is 3. The summed E-state index contributed by atoms with van der Waals surface area (Å²) in [6.45, 7) is -0.294. The molecule has 0 unspecified atom stereocenters. The van der Waals surface area contributed by atoms with E-state index in [9.17, 15) is 4.79 Å². The number of fused-ring (bicyclic) bond motifs is 3. The third-order valence-electron chi connectivity index (χ3n) is 2.82. The summed E-state index contributed by atoms with van der Waals surface area (Å²) >= 11 is 0. The fourth-order valence-electron chi connectivity index (χ4n) is 1.94. The molecule has 0 fully saturated rings. The summed E-state index contributed by atoms with van der Waals surface area (Å²) in [5.74, 6) is 0.0817. The highest BCUT2D eigenvalue weighted by Gasteiger charge is 2.19. The molecule has 10 nitrogen and oxygen atoms in total. The lowest BCUT2D eigenvalue weighted by Crippen LogP contribution is -2.06. The Morgan fingerprint density at radius 3 is 2.85 bits per heavy atom. The summed E-state index contributed by atoms with van der Waals surface area (Å²) in [6.07, 6.45) is -0.00438. The number of aliphatic hydroxyl groups excluding tert-OH is 1. The molecule has 1 N–H and O–H groups in total. The molecule has 0 aliphatic heterocycles. The molecule has 0 amide bonds. The third kappa shape index (κ3) is 1.77. The highest BCUT2D eigenvalue weighted by Crippen LogP contribution is 2.16. The van der Waals surface area contributed by atoms with E-state index in [1.165, 1.54) is 16.3 Å². The molecule has 0 atom stereocenters. The molecule has 10 heteroatoms. The summed E-state index contributed by atoms with van der Waals surface area (Å²) in [6, 6.07) is 0. The Labute approximate surface area is 112 Å². The molecule has 0 spiro atoms. The first-order chi connectivity index (χ1) is 9.63. The molecule has 0 saturated heterocycles. The van der Waals surface area contributed by atoms with E-state index in [4.69, 9.17) is 5.11 Å².